The highest BCUT2D eigenvalue weighted by molar-refractivity contribution is 5.60. The lowest BCUT2D eigenvalue weighted by Gasteiger charge is -2.11. The van der Waals surface area contributed by atoms with Gasteiger partial charge in [0.2, 0.25) is 0 Å². The molecular formula is C14H18N4O2. The molecule has 2 rings (SSSR count). The SMILES string of the molecule is CCn1nccc1CNc1cc([N+](=O)[O-])c(C)cc1C. The van der Waals surface area contributed by atoms with Gasteiger partial charge in [0.1, 0.15) is 0 Å². The second kappa shape index (κ2) is 5.73. The summed E-state index contributed by atoms with van der Waals surface area (Å²) in [4.78, 5) is 10.6. The number of nitro benzene ring substituents is 1. The van der Waals surface area contributed by atoms with Gasteiger partial charge >= 0.3 is 0 Å². The molecule has 1 heterocycles. The summed E-state index contributed by atoms with van der Waals surface area (Å²) in [5, 5.41) is 18.4. The molecule has 1 aromatic heterocycles. The number of nitrogens with zero attached hydrogens (tertiary/aromatic N) is 3. The third-order valence-corrected chi connectivity index (χ3v) is 3.30. The van der Waals surface area contributed by atoms with Crippen LogP contribution in [0.1, 0.15) is 23.7 Å². The molecular weight excluding hydrogens is 256 g/mol. The summed E-state index contributed by atoms with van der Waals surface area (Å²) in [6, 6.07) is 5.36. The van der Waals surface area contributed by atoms with Gasteiger partial charge in [0.05, 0.1) is 17.2 Å². The zero-order valence-electron chi connectivity index (χ0n) is 11.9. The van der Waals surface area contributed by atoms with Crippen LogP contribution in [0.25, 0.3) is 0 Å². The van der Waals surface area contributed by atoms with Gasteiger partial charge in [-0.1, -0.05) is 0 Å². The van der Waals surface area contributed by atoms with Crippen molar-refractivity contribution >= 4 is 11.4 Å². The minimum Gasteiger partial charge on any atom is -0.379 e. The number of rotatable bonds is 5. The van der Waals surface area contributed by atoms with Crippen molar-refractivity contribution in [1.82, 2.24) is 9.78 Å². The van der Waals surface area contributed by atoms with Gasteiger partial charge in [0, 0.05) is 30.1 Å². The highest BCUT2D eigenvalue weighted by Gasteiger charge is 2.13. The molecule has 0 radical (unpaired) electrons. The Balaban J connectivity index is 2.21. The first-order valence-electron chi connectivity index (χ1n) is 6.53. The first-order chi connectivity index (χ1) is 9.52. The van der Waals surface area contributed by atoms with Crippen LogP contribution in [-0.2, 0) is 13.1 Å². The number of nitro groups is 1. The van der Waals surface area contributed by atoms with Crippen LogP contribution in [0.4, 0.5) is 11.4 Å². The molecule has 0 fully saturated rings. The smallest absolute Gasteiger partial charge is 0.274 e. The van der Waals surface area contributed by atoms with Gasteiger partial charge in [-0.25, -0.2) is 0 Å². The topological polar surface area (TPSA) is 73.0 Å². The maximum Gasteiger partial charge on any atom is 0.274 e. The summed E-state index contributed by atoms with van der Waals surface area (Å²) >= 11 is 0. The predicted molar refractivity (Wildman–Crippen MR) is 77.8 cm³/mol. The van der Waals surface area contributed by atoms with Gasteiger partial charge in [-0.15, -0.1) is 0 Å². The number of aryl methyl sites for hydroxylation is 3. The molecule has 6 heteroatoms. The van der Waals surface area contributed by atoms with Crippen LogP contribution in [0.5, 0.6) is 0 Å². The van der Waals surface area contributed by atoms with Crippen molar-refractivity contribution in [2.45, 2.75) is 33.9 Å². The zero-order valence-corrected chi connectivity index (χ0v) is 11.9. The highest BCUT2D eigenvalue weighted by Crippen LogP contribution is 2.26. The molecule has 0 bridgehead atoms. The molecule has 0 saturated heterocycles. The van der Waals surface area contributed by atoms with E-state index in [1.165, 1.54) is 0 Å². The van der Waals surface area contributed by atoms with Crippen molar-refractivity contribution in [2.24, 2.45) is 0 Å². The van der Waals surface area contributed by atoms with E-state index in [2.05, 4.69) is 10.4 Å². The number of hydrogen-bond acceptors (Lipinski definition) is 4. The Morgan fingerprint density at radius 2 is 2.10 bits per heavy atom. The molecule has 0 aliphatic heterocycles. The lowest BCUT2D eigenvalue weighted by Crippen LogP contribution is -2.09. The van der Waals surface area contributed by atoms with E-state index in [1.54, 1.807) is 19.2 Å². The molecule has 0 unspecified atom stereocenters. The monoisotopic (exact) mass is 274 g/mol. The quantitative estimate of drug-likeness (QED) is 0.671. The maximum atomic E-state index is 11.0. The van der Waals surface area contributed by atoms with Gasteiger partial charge in [0.25, 0.3) is 5.69 Å². The summed E-state index contributed by atoms with van der Waals surface area (Å²) in [7, 11) is 0. The van der Waals surface area contributed by atoms with Crippen LogP contribution < -0.4 is 5.32 Å². The van der Waals surface area contributed by atoms with Crippen LogP contribution in [0.3, 0.4) is 0 Å². The van der Waals surface area contributed by atoms with Crippen molar-refractivity contribution in [2.75, 3.05) is 5.32 Å². The fraction of sp³-hybridized carbons (Fsp3) is 0.357. The van der Waals surface area contributed by atoms with Crippen molar-refractivity contribution < 1.29 is 4.92 Å². The fourth-order valence-electron chi connectivity index (χ4n) is 2.21. The summed E-state index contributed by atoms with van der Waals surface area (Å²) in [5.74, 6) is 0. The van der Waals surface area contributed by atoms with Gasteiger partial charge in [0.15, 0.2) is 0 Å². The molecule has 2 aromatic rings. The van der Waals surface area contributed by atoms with Crippen molar-refractivity contribution in [3.8, 4) is 0 Å². The normalized spacial score (nSPS) is 10.6. The zero-order chi connectivity index (χ0) is 14.7. The minimum absolute atomic E-state index is 0.141. The van der Waals surface area contributed by atoms with E-state index in [0.717, 1.165) is 23.5 Å². The van der Waals surface area contributed by atoms with Crippen molar-refractivity contribution in [3.63, 3.8) is 0 Å². The molecule has 0 amide bonds. The Bertz CT molecular complexity index is 634. The Hall–Kier alpha value is -2.37. The second-order valence-electron chi connectivity index (χ2n) is 4.70. The number of aromatic nitrogens is 2. The molecule has 0 aliphatic carbocycles. The third kappa shape index (κ3) is 2.79. The number of hydrogen-bond donors (Lipinski definition) is 1. The minimum atomic E-state index is -0.351. The molecule has 0 spiro atoms. The predicted octanol–water partition coefficient (Wildman–Crippen LogP) is 3.04. The van der Waals surface area contributed by atoms with Crippen LogP contribution >= 0.6 is 0 Å². The Morgan fingerprint density at radius 1 is 1.35 bits per heavy atom. The molecule has 106 valence electrons. The van der Waals surface area contributed by atoms with E-state index in [9.17, 15) is 10.1 Å². The van der Waals surface area contributed by atoms with Crippen molar-refractivity contribution in [3.05, 3.63) is 51.3 Å². The molecule has 1 aromatic carbocycles. The van der Waals surface area contributed by atoms with Gasteiger partial charge in [-0.2, -0.15) is 5.10 Å². The van der Waals surface area contributed by atoms with E-state index in [-0.39, 0.29) is 10.6 Å². The first-order valence-corrected chi connectivity index (χ1v) is 6.53. The van der Waals surface area contributed by atoms with Crippen LogP contribution in [0, 0.1) is 24.0 Å². The Kier molecular flexibility index (Phi) is 4.02. The molecule has 1 N–H and O–H groups in total. The molecule has 20 heavy (non-hydrogen) atoms. The van der Waals surface area contributed by atoms with E-state index in [0.29, 0.717) is 12.1 Å². The second-order valence-corrected chi connectivity index (χ2v) is 4.70. The summed E-state index contributed by atoms with van der Waals surface area (Å²) in [6.07, 6.45) is 1.75. The molecule has 0 aliphatic rings. The van der Waals surface area contributed by atoms with Gasteiger partial charge < -0.3 is 5.32 Å². The standard InChI is InChI=1S/C14H18N4O2/c1-4-17-12(5-6-16-17)9-15-13-8-14(18(19)20)11(3)7-10(13)2/h5-8,15H,4,9H2,1-3H3. The lowest BCUT2D eigenvalue weighted by atomic mass is 10.1. The fourth-order valence-corrected chi connectivity index (χ4v) is 2.21. The summed E-state index contributed by atoms with van der Waals surface area (Å²) < 4.78 is 1.89. The Labute approximate surface area is 117 Å². The average molecular weight is 274 g/mol. The highest BCUT2D eigenvalue weighted by atomic mass is 16.6. The summed E-state index contributed by atoms with van der Waals surface area (Å²) in [5.41, 5.74) is 3.65. The average Bonchev–Trinajstić information content (AvgIpc) is 2.84. The Morgan fingerprint density at radius 3 is 2.75 bits per heavy atom. The third-order valence-electron chi connectivity index (χ3n) is 3.30. The number of anilines is 1. The van der Waals surface area contributed by atoms with E-state index in [4.69, 9.17) is 0 Å². The number of nitrogens with one attached hydrogen (secondary N) is 1. The van der Waals surface area contributed by atoms with Crippen LogP contribution in [0.15, 0.2) is 24.4 Å². The largest absolute Gasteiger partial charge is 0.379 e. The van der Waals surface area contributed by atoms with Crippen molar-refractivity contribution in [1.29, 1.82) is 0 Å². The summed E-state index contributed by atoms with van der Waals surface area (Å²) in [6.45, 7) is 7.11. The van der Waals surface area contributed by atoms with E-state index in [1.807, 2.05) is 30.7 Å². The van der Waals surface area contributed by atoms with E-state index < -0.39 is 0 Å². The van der Waals surface area contributed by atoms with Gasteiger partial charge in [-0.3, -0.25) is 14.8 Å². The molecule has 6 nitrogen and oxygen atoms in total. The maximum absolute atomic E-state index is 11.0. The molecule has 0 atom stereocenters. The van der Waals surface area contributed by atoms with E-state index >= 15 is 0 Å². The van der Waals surface area contributed by atoms with Gasteiger partial charge in [-0.05, 0) is 38.5 Å². The van der Waals surface area contributed by atoms with Crippen LogP contribution in [0.2, 0.25) is 0 Å². The van der Waals surface area contributed by atoms with Crippen LogP contribution in [-0.4, -0.2) is 14.7 Å². The number of benzene rings is 1. The molecule has 0 saturated carbocycles. The first kappa shape index (κ1) is 14.0. The lowest BCUT2D eigenvalue weighted by molar-refractivity contribution is -0.385.